The molecule has 1 N–H and O–H groups in total. The molecular weight excluding hydrogens is 168 g/mol. The van der Waals surface area contributed by atoms with E-state index in [0.29, 0.717) is 11.8 Å². The van der Waals surface area contributed by atoms with Crippen LogP contribution in [0.25, 0.3) is 0 Å². The summed E-state index contributed by atoms with van der Waals surface area (Å²) in [5.74, 6) is 0.635. The zero-order valence-electron chi connectivity index (χ0n) is 7.90. The zero-order chi connectivity index (χ0) is 9.42. The highest BCUT2D eigenvalue weighted by molar-refractivity contribution is 5.66. The van der Waals surface area contributed by atoms with Gasteiger partial charge in [-0.15, -0.1) is 0 Å². The van der Waals surface area contributed by atoms with Gasteiger partial charge in [-0.05, 0) is 31.6 Å². The third kappa shape index (κ3) is 1.57. The zero-order valence-corrected chi connectivity index (χ0v) is 7.90. The number of aliphatic hydroxyl groups is 1. The van der Waals surface area contributed by atoms with E-state index < -0.39 is 0 Å². The highest BCUT2D eigenvalue weighted by Gasteiger charge is 2.45. The molecule has 3 heteroatoms. The first-order valence-corrected chi connectivity index (χ1v) is 5.04. The first-order chi connectivity index (χ1) is 6.18. The van der Waals surface area contributed by atoms with Crippen molar-refractivity contribution >= 4 is 5.97 Å². The molecule has 13 heavy (non-hydrogen) atoms. The second kappa shape index (κ2) is 3.29. The molecule has 2 rings (SSSR count). The third-order valence-electron chi connectivity index (χ3n) is 3.42. The number of fused-ring (bicyclic) bond motifs is 1. The minimum atomic E-state index is -0.188. The van der Waals surface area contributed by atoms with Gasteiger partial charge in [0.25, 0.3) is 0 Å². The number of carbonyl (C=O) groups excluding carboxylic acids is 1. The molecule has 0 heterocycles. The molecule has 0 radical (unpaired) electrons. The second-order valence-corrected chi connectivity index (χ2v) is 4.20. The topological polar surface area (TPSA) is 46.5 Å². The fraction of sp³-hybridized carbons (Fsp3) is 0.900. The molecule has 3 nitrogen and oxygen atoms in total. The van der Waals surface area contributed by atoms with E-state index >= 15 is 0 Å². The number of hydrogen-bond donors (Lipinski definition) is 1. The highest BCUT2D eigenvalue weighted by Crippen LogP contribution is 2.45. The smallest absolute Gasteiger partial charge is 0.302 e. The van der Waals surface area contributed by atoms with Crippen molar-refractivity contribution in [3.8, 4) is 0 Å². The molecule has 0 aromatic heterocycles. The summed E-state index contributed by atoms with van der Waals surface area (Å²) in [6.07, 6.45) is 3.79. The third-order valence-corrected chi connectivity index (χ3v) is 3.42. The molecule has 0 bridgehead atoms. The van der Waals surface area contributed by atoms with E-state index in [1.165, 1.54) is 6.92 Å². The molecule has 0 saturated heterocycles. The molecule has 2 saturated carbocycles. The van der Waals surface area contributed by atoms with E-state index in [2.05, 4.69) is 0 Å². The van der Waals surface area contributed by atoms with Crippen LogP contribution in [0.2, 0.25) is 0 Å². The van der Waals surface area contributed by atoms with Crippen LogP contribution in [0.3, 0.4) is 0 Å². The van der Waals surface area contributed by atoms with Gasteiger partial charge in [0.2, 0.25) is 0 Å². The monoisotopic (exact) mass is 184 g/mol. The molecule has 2 unspecified atom stereocenters. The van der Waals surface area contributed by atoms with Crippen LogP contribution in [0.5, 0.6) is 0 Å². The Hall–Kier alpha value is -0.570. The quantitative estimate of drug-likeness (QED) is 0.621. The number of ether oxygens (including phenoxy) is 1. The molecule has 4 atom stereocenters. The van der Waals surface area contributed by atoms with Crippen LogP contribution >= 0.6 is 0 Å². The van der Waals surface area contributed by atoms with Gasteiger partial charge >= 0.3 is 5.97 Å². The Morgan fingerprint density at radius 1 is 1.23 bits per heavy atom. The van der Waals surface area contributed by atoms with Crippen LogP contribution < -0.4 is 0 Å². The maximum absolute atomic E-state index is 10.8. The maximum atomic E-state index is 10.8. The first-order valence-electron chi connectivity index (χ1n) is 5.04. The summed E-state index contributed by atoms with van der Waals surface area (Å²) in [4.78, 5) is 10.8. The van der Waals surface area contributed by atoms with Crippen molar-refractivity contribution in [1.29, 1.82) is 0 Å². The Bertz CT molecular complexity index is 214. The van der Waals surface area contributed by atoms with Crippen molar-refractivity contribution in [2.24, 2.45) is 11.8 Å². The average Bonchev–Trinajstić information content (AvgIpc) is 2.56. The Morgan fingerprint density at radius 2 is 1.92 bits per heavy atom. The van der Waals surface area contributed by atoms with Gasteiger partial charge in [0.05, 0.1) is 6.10 Å². The lowest BCUT2D eigenvalue weighted by Gasteiger charge is -2.18. The molecule has 0 aromatic rings. The van der Waals surface area contributed by atoms with Gasteiger partial charge in [0.15, 0.2) is 0 Å². The lowest BCUT2D eigenvalue weighted by atomic mass is 9.98. The summed E-state index contributed by atoms with van der Waals surface area (Å²) in [6, 6.07) is 0. The second-order valence-electron chi connectivity index (χ2n) is 4.20. The van der Waals surface area contributed by atoms with E-state index in [1.807, 2.05) is 0 Å². The summed E-state index contributed by atoms with van der Waals surface area (Å²) in [5, 5.41) is 9.61. The summed E-state index contributed by atoms with van der Waals surface area (Å²) in [5.41, 5.74) is 0. The predicted molar refractivity (Wildman–Crippen MR) is 47.0 cm³/mol. The first kappa shape index (κ1) is 9.00. The average molecular weight is 184 g/mol. The number of esters is 1. The summed E-state index contributed by atoms with van der Waals surface area (Å²) in [6.45, 7) is 1.46. The van der Waals surface area contributed by atoms with Crippen LogP contribution in [0, 0.1) is 11.8 Å². The Morgan fingerprint density at radius 3 is 2.62 bits per heavy atom. The molecular formula is C10H16O3. The van der Waals surface area contributed by atoms with Crippen molar-refractivity contribution in [3.05, 3.63) is 0 Å². The molecule has 0 aromatic carbocycles. The number of aliphatic hydroxyl groups excluding tert-OH is 1. The molecule has 2 aliphatic carbocycles. The Labute approximate surface area is 78.1 Å². The van der Waals surface area contributed by atoms with E-state index in [9.17, 15) is 9.90 Å². The van der Waals surface area contributed by atoms with Gasteiger partial charge in [-0.25, -0.2) is 0 Å². The number of hydrogen-bond acceptors (Lipinski definition) is 3. The molecule has 2 fully saturated rings. The minimum Gasteiger partial charge on any atom is -0.462 e. The lowest BCUT2D eigenvalue weighted by molar-refractivity contribution is -0.148. The van der Waals surface area contributed by atoms with Crippen LogP contribution in [0.15, 0.2) is 0 Å². The molecule has 0 amide bonds. The van der Waals surface area contributed by atoms with Gasteiger partial charge in [-0.1, -0.05) is 0 Å². The minimum absolute atomic E-state index is 0.0830. The van der Waals surface area contributed by atoms with E-state index in [-0.39, 0.29) is 18.2 Å². The lowest BCUT2D eigenvalue weighted by Crippen LogP contribution is -2.23. The van der Waals surface area contributed by atoms with Crippen molar-refractivity contribution in [3.63, 3.8) is 0 Å². The van der Waals surface area contributed by atoms with Gasteiger partial charge in [-0.3, -0.25) is 4.79 Å². The molecule has 2 aliphatic rings. The van der Waals surface area contributed by atoms with E-state index in [1.54, 1.807) is 0 Å². The highest BCUT2D eigenvalue weighted by atomic mass is 16.5. The fourth-order valence-electron chi connectivity index (χ4n) is 2.88. The normalized spacial score (nSPS) is 43.2. The van der Waals surface area contributed by atoms with Crippen molar-refractivity contribution in [2.75, 3.05) is 0 Å². The standard InChI is InChI=1S/C10H16O3/c1-6(11)13-10-5-3-7-8(10)2-4-9(7)12/h7-10,12H,2-5H2,1H3/t7?,8?,9-,10-/m1/s1. The van der Waals surface area contributed by atoms with Gasteiger partial charge in [0.1, 0.15) is 6.10 Å². The summed E-state index contributed by atoms with van der Waals surface area (Å²) >= 11 is 0. The van der Waals surface area contributed by atoms with Gasteiger partial charge in [0, 0.05) is 12.8 Å². The Balaban J connectivity index is 1.98. The predicted octanol–water partition coefficient (Wildman–Crippen LogP) is 1.10. The van der Waals surface area contributed by atoms with Crippen LogP contribution in [0.4, 0.5) is 0 Å². The summed E-state index contributed by atoms with van der Waals surface area (Å²) in [7, 11) is 0. The van der Waals surface area contributed by atoms with E-state index in [4.69, 9.17) is 4.74 Å². The number of rotatable bonds is 1. The summed E-state index contributed by atoms with van der Waals surface area (Å²) < 4.78 is 5.22. The largest absolute Gasteiger partial charge is 0.462 e. The Kier molecular flexibility index (Phi) is 2.28. The van der Waals surface area contributed by atoms with Gasteiger partial charge in [-0.2, -0.15) is 0 Å². The van der Waals surface area contributed by atoms with Crippen molar-refractivity contribution < 1.29 is 14.6 Å². The van der Waals surface area contributed by atoms with Crippen LogP contribution in [-0.2, 0) is 9.53 Å². The van der Waals surface area contributed by atoms with Gasteiger partial charge < -0.3 is 9.84 Å². The van der Waals surface area contributed by atoms with E-state index in [0.717, 1.165) is 25.7 Å². The number of carbonyl (C=O) groups is 1. The fourth-order valence-corrected chi connectivity index (χ4v) is 2.88. The van der Waals surface area contributed by atoms with Crippen molar-refractivity contribution in [2.45, 2.75) is 44.8 Å². The SMILES string of the molecule is CC(=O)O[C@@H]1CCC2C1CC[C@H]2O. The molecule has 0 aliphatic heterocycles. The van der Waals surface area contributed by atoms with Crippen molar-refractivity contribution in [1.82, 2.24) is 0 Å². The van der Waals surface area contributed by atoms with Crippen LogP contribution in [0.1, 0.15) is 32.6 Å². The molecule has 74 valence electrons. The maximum Gasteiger partial charge on any atom is 0.302 e. The molecule has 0 spiro atoms. The van der Waals surface area contributed by atoms with Crippen LogP contribution in [-0.4, -0.2) is 23.3 Å².